The van der Waals surface area contributed by atoms with E-state index in [0.717, 1.165) is 21.6 Å². The van der Waals surface area contributed by atoms with Crippen molar-refractivity contribution in [3.8, 4) is 23.3 Å². The number of rotatable bonds is 6. The van der Waals surface area contributed by atoms with Crippen molar-refractivity contribution < 1.29 is 14.3 Å². The fourth-order valence-corrected chi connectivity index (χ4v) is 5.02. The van der Waals surface area contributed by atoms with E-state index in [1.54, 1.807) is 25.3 Å². The summed E-state index contributed by atoms with van der Waals surface area (Å²) in [5.74, 6) is 1.26. The summed E-state index contributed by atoms with van der Waals surface area (Å²) in [6, 6.07) is 12.0. The van der Waals surface area contributed by atoms with Crippen LogP contribution in [0.4, 0.5) is 0 Å². The monoisotopic (exact) mass is 577 g/mol. The SMILES string of the molecule is COc1cccc(CN2CCC3=C(CC=CC(Oc4c(Cl)cc(-n5nc(C#N)c(=O)[nH]c5=O)cc4Cl)=C3)C2=O)c1. The van der Waals surface area contributed by atoms with Crippen molar-refractivity contribution in [2.45, 2.75) is 19.4 Å². The van der Waals surface area contributed by atoms with Crippen LogP contribution >= 0.6 is 23.2 Å². The first-order chi connectivity index (χ1) is 19.3. The van der Waals surface area contributed by atoms with E-state index in [-0.39, 0.29) is 27.4 Å². The Morgan fingerprint density at radius 1 is 1.15 bits per heavy atom. The first-order valence-electron chi connectivity index (χ1n) is 12.1. The maximum atomic E-state index is 13.3. The van der Waals surface area contributed by atoms with Gasteiger partial charge in [0.1, 0.15) is 17.6 Å². The van der Waals surface area contributed by atoms with E-state index in [1.165, 1.54) is 12.1 Å². The molecule has 1 aliphatic carbocycles. The zero-order chi connectivity index (χ0) is 28.4. The average molecular weight is 578 g/mol. The van der Waals surface area contributed by atoms with Crippen molar-refractivity contribution in [1.29, 1.82) is 5.26 Å². The maximum absolute atomic E-state index is 13.3. The molecule has 0 unspecified atom stereocenters. The molecule has 10 nitrogen and oxygen atoms in total. The topological polar surface area (TPSA) is 130 Å². The lowest BCUT2D eigenvalue weighted by molar-refractivity contribution is -0.128. The van der Waals surface area contributed by atoms with E-state index >= 15 is 0 Å². The molecule has 202 valence electrons. The number of hydrogen-bond acceptors (Lipinski definition) is 7. The van der Waals surface area contributed by atoms with E-state index in [1.807, 2.05) is 40.2 Å². The van der Waals surface area contributed by atoms with Gasteiger partial charge >= 0.3 is 5.69 Å². The van der Waals surface area contributed by atoms with Crippen LogP contribution in [0, 0.1) is 11.3 Å². The molecule has 40 heavy (non-hydrogen) atoms. The van der Waals surface area contributed by atoms with Crippen molar-refractivity contribution in [2.75, 3.05) is 13.7 Å². The van der Waals surface area contributed by atoms with Gasteiger partial charge in [-0.2, -0.15) is 9.94 Å². The highest BCUT2D eigenvalue weighted by Gasteiger charge is 2.27. The van der Waals surface area contributed by atoms with Gasteiger partial charge in [0.2, 0.25) is 5.69 Å². The second kappa shape index (κ2) is 11.3. The van der Waals surface area contributed by atoms with E-state index in [2.05, 4.69) is 5.10 Å². The predicted octanol–water partition coefficient (Wildman–Crippen LogP) is 4.06. The van der Waals surface area contributed by atoms with Gasteiger partial charge in [-0.15, -0.1) is 5.10 Å². The van der Waals surface area contributed by atoms with Crippen LogP contribution in [0.25, 0.3) is 5.69 Å². The molecule has 0 radical (unpaired) electrons. The molecule has 3 aromatic rings. The van der Waals surface area contributed by atoms with Gasteiger partial charge in [0, 0.05) is 18.7 Å². The van der Waals surface area contributed by atoms with Crippen LogP contribution in [0.3, 0.4) is 0 Å². The fourth-order valence-electron chi connectivity index (χ4n) is 4.46. The molecule has 2 aliphatic rings. The number of nitrogens with zero attached hydrogens (tertiary/aromatic N) is 4. The molecule has 5 rings (SSSR count). The van der Waals surface area contributed by atoms with Crippen molar-refractivity contribution in [3.05, 3.63) is 114 Å². The van der Waals surface area contributed by atoms with Gasteiger partial charge in [-0.05, 0) is 60.4 Å². The number of carbonyl (C=O) groups excluding carboxylic acids is 1. The standard InChI is InChI=1S/C28H21Cl2N5O5/c1-39-19-5-2-4-16(10-19)15-34-9-8-17-11-20(6-3-7-21(17)27(34)37)40-25-22(29)12-18(13-23(25)30)35-28(38)32-26(36)24(14-31)33-35/h2-6,10-13H,7-9,15H2,1H3,(H,32,36,38). The lowest BCUT2D eigenvalue weighted by Crippen LogP contribution is -2.36. The third kappa shape index (κ3) is 5.43. The van der Waals surface area contributed by atoms with Crippen LogP contribution < -0.4 is 20.7 Å². The summed E-state index contributed by atoms with van der Waals surface area (Å²) < 4.78 is 12.1. The Bertz CT molecular complexity index is 1760. The largest absolute Gasteiger partial charge is 0.497 e. The quantitative estimate of drug-likeness (QED) is 0.467. The number of nitrogens with one attached hydrogen (secondary N) is 1. The highest BCUT2D eigenvalue weighted by Crippen LogP contribution is 2.37. The van der Waals surface area contributed by atoms with Crippen LogP contribution in [0.15, 0.2) is 81.1 Å². The van der Waals surface area contributed by atoms with Crippen LogP contribution in [-0.4, -0.2) is 39.2 Å². The number of H-pyrrole nitrogens is 1. The maximum Gasteiger partial charge on any atom is 0.349 e. The minimum Gasteiger partial charge on any atom is -0.497 e. The summed E-state index contributed by atoms with van der Waals surface area (Å²) in [6.45, 7) is 1.02. The van der Waals surface area contributed by atoms with Gasteiger partial charge in [-0.25, -0.2) is 4.79 Å². The molecule has 0 atom stereocenters. The lowest BCUT2D eigenvalue weighted by atomic mass is 9.96. The van der Waals surface area contributed by atoms with E-state index in [9.17, 15) is 14.4 Å². The summed E-state index contributed by atoms with van der Waals surface area (Å²) in [5.41, 5.74) is 0.416. The van der Waals surface area contributed by atoms with Crippen molar-refractivity contribution >= 4 is 29.1 Å². The Labute approximate surface area is 238 Å². The van der Waals surface area contributed by atoms with E-state index in [0.29, 0.717) is 37.3 Å². The number of aromatic nitrogens is 3. The second-order valence-electron chi connectivity index (χ2n) is 8.96. The van der Waals surface area contributed by atoms with E-state index in [4.69, 9.17) is 37.9 Å². The molecule has 12 heteroatoms. The molecular formula is C28H21Cl2N5O5. The summed E-state index contributed by atoms with van der Waals surface area (Å²) in [5, 5.41) is 13.0. The van der Waals surface area contributed by atoms with Gasteiger partial charge < -0.3 is 14.4 Å². The zero-order valence-corrected chi connectivity index (χ0v) is 22.6. The average Bonchev–Trinajstić information content (AvgIpc) is 3.15. The Hall–Kier alpha value is -4.59. The molecule has 0 spiro atoms. The second-order valence-corrected chi connectivity index (χ2v) is 9.77. The molecule has 2 heterocycles. The molecule has 0 saturated heterocycles. The third-order valence-electron chi connectivity index (χ3n) is 6.39. The Kier molecular flexibility index (Phi) is 7.60. The summed E-state index contributed by atoms with van der Waals surface area (Å²) in [6.07, 6.45) is 6.46. The molecule has 0 saturated carbocycles. The zero-order valence-electron chi connectivity index (χ0n) is 21.1. The molecule has 0 bridgehead atoms. The first-order valence-corrected chi connectivity index (χ1v) is 12.9. The number of aromatic amines is 1. The van der Waals surface area contributed by atoms with Crippen molar-refractivity contribution in [1.82, 2.24) is 19.7 Å². The smallest absolute Gasteiger partial charge is 0.349 e. The highest BCUT2D eigenvalue weighted by molar-refractivity contribution is 6.37. The molecule has 1 aromatic heterocycles. The third-order valence-corrected chi connectivity index (χ3v) is 6.96. The lowest BCUT2D eigenvalue weighted by Gasteiger charge is -2.29. The first kappa shape index (κ1) is 27.0. The van der Waals surface area contributed by atoms with Crippen LogP contribution in [0.2, 0.25) is 10.0 Å². The Morgan fingerprint density at radius 2 is 1.93 bits per heavy atom. The van der Waals surface area contributed by atoms with Crippen LogP contribution in [-0.2, 0) is 11.3 Å². The Morgan fingerprint density at radius 3 is 2.65 bits per heavy atom. The van der Waals surface area contributed by atoms with Gasteiger partial charge in [0.25, 0.3) is 11.5 Å². The summed E-state index contributed by atoms with van der Waals surface area (Å²) >= 11 is 12.9. The predicted molar refractivity (Wildman–Crippen MR) is 148 cm³/mol. The number of carbonyl (C=O) groups is 1. The summed E-state index contributed by atoms with van der Waals surface area (Å²) in [4.78, 5) is 41.1. The normalized spacial score (nSPS) is 14.8. The molecule has 1 aliphatic heterocycles. The number of ether oxygens (including phenoxy) is 2. The summed E-state index contributed by atoms with van der Waals surface area (Å²) in [7, 11) is 1.61. The molecular weight excluding hydrogens is 557 g/mol. The molecule has 2 aromatic carbocycles. The number of hydrogen-bond donors (Lipinski definition) is 1. The van der Waals surface area contributed by atoms with E-state index < -0.39 is 16.9 Å². The van der Waals surface area contributed by atoms with Crippen molar-refractivity contribution in [2.24, 2.45) is 0 Å². The van der Waals surface area contributed by atoms with Gasteiger partial charge in [-0.1, -0.05) is 41.4 Å². The molecule has 0 fully saturated rings. The van der Waals surface area contributed by atoms with Gasteiger partial charge in [0.05, 0.1) is 22.8 Å². The van der Waals surface area contributed by atoms with Crippen LogP contribution in [0.1, 0.15) is 24.1 Å². The Balaban J connectivity index is 1.39. The minimum absolute atomic E-state index is 0.0396. The van der Waals surface area contributed by atoms with Crippen LogP contribution in [0.5, 0.6) is 11.5 Å². The number of methoxy groups -OCH3 is 1. The molecule has 1 N–H and O–H groups in total. The minimum atomic E-state index is -0.897. The van der Waals surface area contributed by atoms with Gasteiger partial charge in [0.15, 0.2) is 5.75 Å². The van der Waals surface area contributed by atoms with Crippen molar-refractivity contribution in [3.63, 3.8) is 0 Å². The van der Waals surface area contributed by atoms with Gasteiger partial charge in [-0.3, -0.25) is 14.6 Å². The number of nitriles is 1. The highest BCUT2D eigenvalue weighted by atomic mass is 35.5. The fraction of sp³-hybridized carbons (Fsp3) is 0.179. The number of benzene rings is 2. The number of allylic oxidation sites excluding steroid dienone is 3. The molecule has 1 amide bonds. The number of halogens is 2. The number of amides is 1.